The number of halogens is 3. The number of nitrogens with one attached hydrogen (secondary N) is 3. The van der Waals surface area contributed by atoms with Crippen LogP contribution < -0.4 is 20.7 Å². The molecule has 0 atom stereocenters. The Morgan fingerprint density at radius 3 is 2.31 bits per heavy atom. The average Bonchev–Trinajstić information content (AvgIpc) is 2.80. The molecule has 2 aromatic rings. The summed E-state index contributed by atoms with van der Waals surface area (Å²) >= 11 is 0. The molecule has 0 saturated heterocycles. The predicted molar refractivity (Wildman–Crippen MR) is 104 cm³/mol. The van der Waals surface area contributed by atoms with Gasteiger partial charge in [-0.25, -0.2) is 13.2 Å². The molecular formula is C20H18F3N3O6. The average molecular weight is 453 g/mol. The van der Waals surface area contributed by atoms with Gasteiger partial charge < -0.3 is 25.4 Å². The fourth-order valence-electron chi connectivity index (χ4n) is 2.32. The second-order valence-corrected chi connectivity index (χ2v) is 6.09. The van der Waals surface area contributed by atoms with Crippen LogP contribution in [0.4, 0.5) is 18.9 Å². The molecule has 2 rings (SSSR count). The lowest BCUT2D eigenvalue weighted by Gasteiger charge is -2.10. The lowest BCUT2D eigenvalue weighted by molar-refractivity contribution is -0.147. The molecule has 0 aliphatic carbocycles. The first-order chi connectivity index (χ1) is 15.2. The van der Waals surface area contributed by atoms with E-state index >= 15 is 0 Å². The van der Waals surface area contributed by atoms with Crippen LogP contribution in [-0.2, 0) is 19.1 Å². The summed E-state index contributed by atoms with van der Waals surface area (Å²) < 4.78 is 49.2. The monoisotopic (exact) mass is 453 g/mol. The molecule has 32 heavy (non-hydrogen) atoms. The number of esters is 1. The number of carbonyl (C=O) groups is 4. The molecule has 3 amide bonds. The Bertz CT molecular complexity index is 1030. The SMILES string of the molecule is COc1ccccc1C(=O)NCC(=O)OCC(=O)NCC(=O)Nc1ccc(F)c(F)c1F. The van der Waals surface area contributed by atoms with Crippen molar-refractivity contribution in [1.82, 2.24) is 10.6 Å². The van der Waals surface area contributed by atoms with Gasteiger partial charge in [-0.05, 0) is 24.3 Å². The Kier molecular flexibility index (Phi) is 8.57. The summed E-state index contributed by atoms with van der Waals surface area (Å²) in [6, 6.07) is 7.76. The number of carbonyl (C=O) groups excluding carboxylic acids is 4. The summed E-state index contributed by atoms with van der Waals surface area (Å²) in [6.07, 6.45) is 0. The first-order valence-corrected chi connectivity index (χ1v) is 8.99. The zero-order chi connectivity index (χ0) is 23.7. The van der Waals surface area contributed by atoms with Crippen molar-refractivity contribution in [2.45, 2.75) is 0 Å². The number of anilines is 1. The van der Waals surface area contributed by atoms with Gasteiger partial charge in [0.25, 0.3) is 11.8 Å². The van der Waals surface area contributed by atoms with Crippen LogP contribution in [0.2, 0.25) is 0 Å². The maximum atomic E-state index is 13.5. The van der Waals surface area contributed by atoms with Gasteiger partial charge in [-0.1, -0.05) is 12.1 Å². The van der Waals surface area contributed by atoms with E-state index in [4.69, 9.17) is 4.74 Å². The van der Waals surface area contributed by atoms with Crippen molar-refractivity contribution in [1.29, 1.82) is 0 Å². The van der Waals surface area contributed by atoms with Gasteiger partial charge in [-0.2, -0.15) is 0 Å². The third-order valence-corrected chi connectivity index (χ3v) is 3.86. The molecule has 170 valence electrons. The van der Waals surface area contributed by atoms with Crippen molar-refractivity contribution in [3.63, 3.8) is 0 Å². The van der Waals surface area contributed by atoms with E-state index in [-0.39, 0.29) is 5.56 Å². The highest BCUT2D eigenvalue weighted by atomic mass is 19.2. The molecule has 0 bridgehead atoms. The number of hydrogen-bond donors (Lipinski definition) is 3. The highest BCUT2D eigenvalue weighted by molar-refractivity contribution is 5.98. The van der Waals surface area contributed by atoms with Gasteiger partial charge in [-0.3, -0.25) is 19.2 Å². The normalized spacial score (nSPS) is 10.1. The van der Waals surface area contributed by atoms with E-state index in [0.29, 0.717) is 11.8 Å². The van der Waals surface area contributed by atoms with Crippen LogP contribution in [0.3, 0.4) is 0 Å². The molecule has 0 heterocycles. The fourth-order valence-corrected chi connectivity index (χ4v) is 2.32. The van der Waals surface area contributed by atoms with Gasteiger partial charge in [0.15, 0.2) is 24.1 Å². The van der Waals surface area contributed by atoms with Crippen molar-refractivity contribution in [3.05, 3.63) is 59.4 Å². The van der Waals surface area contributed by atoms with Gasteiger partial charge in [-0.15, -0.1) is 0 Å². The number of para-hydroxylation sites is 1. The Morgan fingerprint density at radius 1 is 0.875 bits per heavy atom. The van der Waals surface area contributed by atoms with Crippen molar-refractivity contribution in [2.75, 3.05) is 32.1 Å². The van der Waals surface area contributed by atoms with Crippen LogP contribution in [-0.4, -0.2) is 50.5 Å². The molecule has 0 spiro atoms. The summed E-state index contributed by atoms with van der Waals surface area (Å²) in [4.78, 5) is 47.1. The van der Waals surface area contributed by atoms with E-state index in [0.717, 1.165) is 6.07 Å². The Morgan fingerprint density at radius 2 is 1.59 bits per heavy atom. The molecule has 0 aliphatic heterocycles. The number of methoxy groups -OCH3 is 1. The zero-order valence-corrected chi connectivity index (χ0v) is 16.7. The van der Waals surface area contributed by atoms with E-state index in [2.05, 4.69) is 15.4 Å². The van der Waals surface area contributed by atoms with Crippen molar-refractivity contribution in [3.8, 4) is 5.75 Å². The zero-order valence-electron chi connectivity index (χ0n) is 16.7. The number of amides is 3. The van der Waals surface area contributed by atoms with Gasteiger partial charge in [0, 0.05) is 0 Å². The van der Waals surface area contributed by atoms with Crippen molar-refractivity contribution < 1.29 is 41.8 Å². The molecule has 0 saturated carbocycles. The van der Waals surface area contributed by atoms with Crippen molar-refractivity contribution in [2.24, 2.45) is 0 Å². The van der Waals surface area contributed by atoms with Crippen LogP contribution in [0.15, 0.2) is 36.4 Å². The van der Waals surface area contributed by atoms with E-state index in [1.165, 1.54) is 13.2 Å². The standard InChI is InChI=1S/C20H18F3N3O6/c1-31-14-5-3-2-4-11(14)20(30)25-9-17(29)32-10-16(28)24-8-15(27)26-13-7-6-12(21)18(22)19(13)23/h2-7H,8-10H2,1H3,(H,24,28)(H,25,30)(H,26,27). The summed E-state index contributed by atoms with van der Waals surface area (Å²) in [5.41, 5.74) is -0.413. The lowest BCUT2D eigenvalue weighted by Crippen LogP contribution is -2.37. The molecule has 3 N–H and O–H groups in total. The molecular weight excluding hydrogens is 435 g/mol. The molecule has 2 aromatic carbocycles. The molecule has 0 radical (unpaired) electrons. The number of benzene rings is 2. The quantitative estimate of drug-likeness (QED) is 0.387. The van der Waals surface area contributed by atoms with Crippen LogP contribution in [0.5, 0.6) is 5.75 Å². The van der Waals surface area contributed by atoms with Crippen LogP contribution in [0, 0.1) is 17.5 Å². The minimum Gasteiger partial charge on any atom is -0.496 e. The molecule has 9 nitrogen and oxygen atoms in total. The first-order valence-electron chi connectivity index (χ1n) is 8.99. The highest BCUT2D eigenvalue weighted by Crippen LogP contribution is 2.19. The topological polar surface area (TPSA) is 123 Å². The minimum atomic E-state index is -1.75. The van der Waals surface area contributed by atoms with Gasteiger partial charge >= 0.3 is 5.97 Å². The number of rotatable bonds is 9. The summed E-state index contributed by atoms with van der Waals surface area (Å²) in [5.74, 6) is -7.77. The Labute approximate surface area is 179 Å². The third kappa shape index (κ3) is 6.72. The minimum absolute atomic E-state index is 0.198. The first kappa shape index (κ1) is 24.2. The second-order valence-electron chi connectivity index (χ2n) is 6.09. The third-order valence-electron chi connectivity index (χ3n) is 3.86. The second kappa shape index (κ2) is 11.3. The van der Waals surface area contributed by atoms with Crippen LogP contribution in [0.25, 0.3) is 0 Å². The maximum absolute atomic E-state index is 13.5. The van der Waals surface area contributed by atoms with E-state index in [1.54, 1.807) is 18.2 Å². The number of hydrogen-bond acceptors (Lipinski definition) is 6. The molecule has 0 unspecified atom stereocenters. The van der Waals surface area contributed by atoms with Gasteiger partial charge in [0.2, 0.25) is 5.91 Å². The maximum Gasteiger partial charge on any atom is 0.325 e. The van der Waals surface area contributed by atoms with Crippen LogP contribution >= 0.6 is 0 Å². The van der Waals surface area contributed by atoms with Crippen LogP contribution in [0.1, 0.15) is 10.4 Å². The predicted octanol–water partition coefficient (Wildman–Crippen LogP) is 1.14. The smallest absolute Gasteiger partial charge is 0.325 e. The van der Waals surface area contributed by atoms with E-state index in [1.807, 2.05) is 5.32 Å². The van der Waals surface area contributed by atoms with E-state index in [9.17, 15) is 32.3 Å². The van der Waals surface area contributed by atoms with Gasteiger partial charge in [0.1, 0.15) is 12.3 Å². The fraction of sp³-hybridized carbons (Fsp3) is 0.200. The molecule has 0 aliphatic rings. The summed E-state index contributed by atoms with van der Waals surface area (Å²) in [5, 5.41) is 6.35. The molecule has 0 fully saturated rings. The largest absolute Gasteiger partial charge is 0.496 e. The summed E-state index contributed by atoms with van der Waals surface area (Å²) in [6.45, 7) is -1.93. The highest BCUT2D eigenvalue weighted by Gasteiger charge is 2.17. The number of ether oxygens (including phenoxy) is 2. The van der Waals surface area contributed by atoms with E-state index < -0.39 is 66.5 Å². The Hall–Kier alpha value is -4.09. The van der Waals surface area contributed by atoms with Gasteiger partial charge in [0.05, 0.1) is 24.9 Å². The molecule has 0 aromatic heterocycles. The summed E-state index contributed by atoms with van der Waals surface area (Å²) in [7, 11) is 1.38. The van der Waals surface area contributed by atoms with Crippen molar-refractivity contribution >= 4 is 29.4 Å². The lowest BCUT2D eigenvalue weighted by atomic mass is 10.2. The molecule has 12 heteroatoms. The Balaban J connectivity index is 1.71.